The Morgan fingerprint density at radius 1 is 0.900 bits per heavy atom. The van der Waals surface area contributed by atoms with Crippen LogP contribution in [0.25, 0.3) is 0 Å². The fourth-order valence-corrected chi connectivity index (χ4v) is 2.88. The highest BCUT2D eigenvalue weighted by molar-refractivity contribution is 5.18. The largest absolute Gasteiger partial charge is 0.310 e. The van der Waals surface area contributed by atoms with Crippen LogP contribution in [0.3, 0.4) is 0 Å². The van der Waals surface area contributed by atoms with Gasteiger partial charge in [0.05, 0.1) is 0 Å². The van der Waals surface area contributed by atoms with E-state index in [9.17, 15) is 0 Å². The lowest BCUT2D eigenvalue weighted by Crippen LogP contribution is -2.33. The maximum absolute atomic E-state index is 3.74. The van der Waals surface area contributed by atoms with Gasteiger partial charge >= 0.3 is 0 Å². The number of nitrogens with zero attached hydrogens (tertiary/aromatic N) is 2. The number of rotatable bonds is 1. The molecule has 1 heterocycles. The van der Waals surface area contributed by atoms with Gasteiger partial charge in [-0.2, -0.15) is 0 Å². The molecular formula is C17H29N3. The van der Waals surface area contributed by atoms with Crippen LogP contribution in [0.5, 0.6) is 0 Å². The summed E-state index contributed by atoms with van der Waals surface area (Å²) < 4.78 is 0. The lowest BCUT2D eigenvalue weighted by atomic mass is 10.0. The lowest BCUT2D eigenvalue weighted by molar-refractivity contribution is 0.255. The van der Waals surface area contributed by atoms with Crippen molar-refractivity contribution < 1.29 is 0 Å². The molecule has 1 unspecified atom stereocenters. The molecule has 0 amide bonds. The summed E-state index contributed by atoms with van der Waals surface area (Å²) in [6, 6.07) is 11.4. The Hall–Kier alpha value is -0.900. The average molecular weight is 275 g/mol. The molecule has 1 aliphatic rings. The highest BCUT2D eigenvalue weighted by Crippen LogP contribution is 2.17. The molecule has 1 aliphatic heterocycles. The zero-order valence-corrected chi connectivity index (χ0v) is 13.0. The van der Waals surface area contributed by atoms with Crippen LogP contribution in [0.1, 0.15) is 30.9 Å². The van der Waals surface area contributed by atoms with Gasteiger partial charge in [0.25, 0.3) is 0 Å². The lowest BCUT2D eigenvalue weighted by Gasteiger charge is -2.26. The first-order valence-electron chi connectivity index (χ1n) is 7.91. The Kier molecular flexibility index (Phi) is 6.51. The van der Waals surface area contributed by atoms with E-state index in [0.717, 1.165) is 13.1 Å². The van der Waals surface area contributed by atoms with Crippen molar-refractivity contribution in [3.8, 4) is 0 Å². The van der Waals surface area contributed by atoms with Crippen molar-refractivity contribution in [3.05, 3.63) is 35.9 Å². The Labute approximate surface area is 124 Å². The van der Waals surface area contributed by atoms with Crippen LogP contribution in [-0.2, 0) is 0 Å². The molecule has 112 valence electrons. The van der Waals surface area contributed by atoms with Crippen molar-refractivity contribution in [2.45, 2.75) is 25.3 Å². The van der Waals surface area contributed by atoms with Gasteiger partial charge in [-0.05, 0) is 71.6 Å². The highest BCUT2D eigenvalue weighted by atomic mass is 15.1. The molecule has 0 spiro atoms. The Morgan fingerprint density at radius 3 is 2.30 bits per heavy atom. The van der Waals surface area contributed by atoms with E-state index in [0.29, 0.717) is 6.04 Å². The number of hydrogen-bond acceptors (Lipinski definition) is 3. The fraction of sp³-hybridized carbons (Fsp3) is 0.647. The fourth-order valence-electron chi connectivity index (χ4n) is 2.88. The van der Waals surface area contributed by atoms with E-state index in [1.165, 1.54) is 44.5 Å². The maximum atomic E-state index is 3.74. The SMILES string of the molecule is CN1CCCNC(c2ccccc2)CCN(C)CCC1. The summed E-state index contributed by atoms with van der Waals surface area (Å²) in [5.41, 5.74) is 1.42. The minimum absolute atomic E-state index is 0.489. The summed E-state index contributed by atoms with van der Waals surface area (Å²) in [5, 5.41) is 3.74. The second-order valence-electron chi connectivity index (χ2n) is 6.02. The highest BCUT2D eigenvalue weighted by Gasteiger charge is 2.12. The van der Waals surface area contributed by atoms with Crippen molar-refractivity contribution in [2.75, 3.05) is 46.8 Å². The van der Waals surface area contributed by atoms with E-state index in [1.807, 2.05) is 0 Å². The standard InChI is InChI=1S/C17H29N3/c1-19-12-6-11-18-17(16-8-4-3-5-9-16)10-15-20(2)14-7-13-19/h3-5,8-9,17-18H,6-7,10-15H2,1-2H3. The monoisotopic (exact) mass is 275 g/mol. The van der Waals surface area contributed by atoms with Crippen LogP contribution >= 0.6 is 0 Å². The second-order valence-corrected chi connectivity index (χ2v) is 6.02. The van der Waals surface area contributed by atoms with Crippen LogP contribution in [0.4, 0.5) is 0 Å². The van der Waals surface area contributed by atoms with E-state index in [4.69, 9.17) is 0 Å². The van der Waals surface area contributed by atoms with Gasteiger partial charge in [-0.25, -0.2) is 0 Å². The molecule has 2 rings (SSSR count). The predicted octanol–water partition coefficient (Wildman–Crippen LogP) is 2.36. The molecule has 0 radical (unpaired) electrons. The van der Waals surface area contributed by atoms with E-state index in [2.05, 4.69) is 59.5 Å². The molecule has 1 aromatic rings. The van der Waals surface area contributed by atoms with E-state index < -0.39 is 0 Å². The van der Waals surface area contributed by atoms with Gasteiger partial charge < -0.3 is 15.1 Å². The van der Waals surface area contributed by atoms with Crippen LogP contribution in [0.15, 0.2) is 30.3 Å². The second kappa shape index (κ2) is 8.40. The van der Waals surface area contributed by atoms with Crippen LogP contribution < -0.4 is 5.32 Å². The molecule has 1 saturated heterocycles. The minimum Gasteiger partial charge on any atom is -0.310 e. The summed E-state index contributed by atoms with van der Waals surface area (Å²) in [6.07, 6.45) is 3.70. The normalized spacial score (nSPS) is 24.8. The Morgan fingerprint density at radius 2 is 1.55 bits per heavy atom. The summed E-state index contributed by atoms with van der Waals surface area (Å²) in [6.45, 7) is 5.88. The molecule has 0 saturated carbocycles. The van der Waals surface area contributed by atoms with Crippen LogP contribution in [0, 0.1) is 0 Å². The summed E-state index contributed by atoms with van der Waals surface area (Å²) in [7, 11) is 4.48. The molecule has 0 aliphatic carbocycles. The van der Waals surface area contributed by atoms with Gasteiger partial charge in [-0.3, -0.25) is 0 Å². The molecule has 1 atom stereocenters. The first-order chi connectivity index (χ1) is 9.75. The van der Waals surface area contributed by atoms with Gasteiger partial charge in [0.15, 0.2) is 0 Å². The molecule has 0 aromatic heterocycles. The quantitative estimate of drug-likeness (QED) is 0.849. The zero-order valence-electron chi connectivity index (χ0n) is 13.0. The average Bonchev–Trinajstić information content (AvgIpc) is 2.46. The first kappa shape index (κ1) is 15.5. The van der Waals surface area contributed by atoms with E-state index in [1.54, 1.807) is 0 Å². The van der Waals surface area contributed by atoms with E-state index in [-0.39, 0.29) is 0 Å². The van der Waals surface area contributed by atoms with Crippen molar-refractivity contribution in [1.82, 2.24) is 15.1 Å². The van der Waals surface area contributed by atoms with Crippen molar-refractivity contribution in [2.24, 2.45) is 0 Å². The summed E-state index contributed by atoms with van der Waals surface area (Å²) in [5.74, 6) is 0. The first-order valence-corrected chi connectivity index (χ1v) is 7.91. The third kappa shape index (κ3) is 5.23. The summed E-state index contributed by atoms with van der Waals surface area (Å²) in [4.78, 5) is 4.92. The topological polar surface area (TPSA) is 18.5 Å². The molecule has 3 nitrogen and oxygen atoms in total. The van der Waals surface area contributed by atoms with Crippen LogP contribution in [0.2, 0.25) is 0 Å². The zero-order chi connectivity index (χ0) is 14.2. The van der Waals surface area contributed by atoms with Gasteiger partial charge in [-0.15, -0.1) is 0 Å². The molecule has 1 aromatic carbocycles. The Balaban J connectivity index is 1.96. The van der Waals surface area contributed by atoms with Crippen LogP contribution in [-0.4, -0.2) is 56.6 Å². The predicted molar refractivity (Wildman–Crippen MR) is 86.0 cm³/mol. The molecule has 20 heavy (non-hydrogen) atoms. The Bertz CT molecular complexity index is 366. The third-order valence-electron chi connectivity index (χ3n) is 4.19. The van der Waals surface area contributed by atoms with Crippen molar-refractivity contribution >= 4 is 0 Å². The van der Waals surface area contributed by atoms with Gasteiger partial charge in [0, 0.05) is 6.04 Å². The van der Waals surface area contributed by atoms with E-state index >= 15 is 0 Å². The van der Waals surface area contributed by atoms with Gasteiger partial charge in [0.2, 0.25) is 0 Å². The molecule has 3 heteroatoms. The van der Waals surface area contributed by atoms with Crippen molar-refractivity contribution in [1.29, 1.82) is 0 Å². The number of nitrogens with one attached hydrogen (secondary N) is 1. The minimum atomic E-state index is 0.489. The smallest absolute Gasteiger partial charge is 0.0332 e. The number of hydrogen-bond donors (Lipinski definition) is 1. The summed E-state index contributed by atoms with van der Waals surface area (Å²) >= 11 is 0. The van der Waals surface area contributed by atoms with Crippen molar-refractivity contribution in [3.63, 3.8) is 0 Å². The molecule has 1 N–H and O–H groups in total. The third-order valence-corrected chi connectivity index (χ3v) is 4.19. The molecule has 1 fully saturated rings. The molecule has 0 bridgehead atoms. The number of benzene rings is 1. The van der Waals surface area contributed by atoms with Gasteiger partial charge in [-0.1, -0.05) is 30.3 Å². The maximum Gasteiger partial charge on any atom is 0.0332 e. The molecular weight excluding hydrogens is 246 g/mol. The van der Waals surface area contributed by atoms with Gasteiger partial charge in [0.1, 0.15) is 0 Å².